The average molecular weight is 372 g/mol. The van der Waals surface area contributed by atoms with Gasteiger partial charge in [0.15, 0.2) is 0 Å². The number of hydrogen-bond acceptors (Lipinski definition) is 4. The third-order valence-corrected chi connectivity index (χ3v) is 4.46. The minimum Gasteiger partial charge on any atom is -0.495 e. The van der Waals surface area contributed by atoms with Gasteiger partial charge in [-0.15, -0.1) is 0 Å². The van der Waals surface area contributed by atoms with Gasteiger partial charge in [0.25, 0.3) is 0 Å². The molecule has 3 rings (SSSR count). The third kappa shape index (κ3) is 4.55. The quantitative estimate of drug-likeness (QED) is 0.873. The van der Waals surface area contributed by atoms with Crippen molar-refractivity contribution >= 4 is 17.5 Å². The first-order valence-corrected chi connectivity index (χ1v) is 8.64. The van der Waals surface area contributed by atoms with Crippen molar-refractivity contribution in [2.24, 2.45) is 5.92 Å². The highest BCUT2D eigenvalue weighted by atomic mass is 19.1. The first kappa shape index (κ1) is 18.7. The van der Waals surface area contributed by atoms with Crippen LogP contribution in [-0.4, -0.2) is 36.9 Å². The Morgan fingerprint density at radius 2 is 1.96 bits per heavy atom. The summed E-state index contributed by atoms with van der Waals surface area (Å²) in [6.07, 6.45) is 0.618. The van der Waals surface area contributed by atoms with Crippen LogP contribution in [0.4, 0.5) is 10.1 Å². The van der Waals surface area contributed by atoms with Crippen LogP contribution in [-0.2, 0) is 9.59 Å². The number of carbonyl (C=O) groups excluding carboxylic acids is 2. The summed E-state index contributed by atoms with van der Waals surface area (Å²) in [4.78, 5) is 25.7. The van der Waals surface area contributed by atoms with E-state index in [1.165, 1.54) is 26.2 Å². The van der Waals surface area contributed by atoms with Gasteiger partial charge in [-0.3, -0.25) is 9.59 Å². The molecule has 27 heavy (non-hydrogen) atoms. The molecule has 2 amide bonds. The van der Waals surface area contributed by atoms with Crippen LogP contribution in [0.1, 0.15) is 13.3 Å². The molecule has 1 heterocycles. The van der Waals surface area contributed by atoms with Crippen molar-refractivity contribution in [2.45, 2.75) is 13.3 Å². The minimum absolute atomic E-state index is 0.0339. The maximum atomic E-state index is 13.3. The van der Waals surface area contributed by atoms with E-state index in [0.717, 1.165) is 0 Å². The second-order valence-electron chi connectivity index (χ2n) is 6.36. The van der Waals surface area contributed by atoms with Crippen molar-refractivity contribution in [3.63, 3.8) is 0 Å². The van der Waals surface area contributed by atoms with Crippen LogP contribution in [0.15, 0.2) is 42.5 Å². The van der Waals surface area contributed by atoms with Crippen LogP contribution in [0.25, 0.3) is 0 Å². The van der Waals surface area contributed by atoms with E-state index in [4.69, 9.17) is 9.47 Å². The topological polar surface area (TPSA) is 67.9 Å². The molecule has 1 aliphatic rings. The zero-order valence-electron chi connectivity index (χ0n) is 15.2. The number of methoxy groups -OCH3 is 1. The highest BCUT2D eigenvalue weighted by molar-refractivity contribution is 5.95. The molecule has 1 atom stereocenters. The summed E-state index contributed by atoms with van der Waals surface area (Å²) < 4.78 is 24.3. The molecule has 1 aliphatic heterocycles. The molecular weight excluding hydrogens is 351 g/mol. The monoisotopic (exact) mass is 372 g/mol. The predicted octanol–water partition coefficient (Wildman–Crippen LogP) is 3.43. The molecule has 0 aliphatic carbocycles. The fourth-order valence-corrected chi connectivity index (χ4v) is 3.01. The molecule has 2 aromatic carbocycles. The number of rotatable bonds is 5. The van der Waals surface area contributed by atoms with E-state index in [-0.39, 0.29) is 17.7 Å². The molecule has 0 bridgehead atoms. The summed E-state index contributed by atoms with van der Waals surface area (Å²) in [6, 6.07) is 10.8. The lowest BCUT2D eigenvalue weighted by molar-refractivity contribution is -0.128. The molecular formula is C20H21FN2O4. The number of nitrogens with one attached hydrogen (secondary N) is 1. The summed E-state index contributed by atoms with van der Waals surface area (Å²) in [7, 11) is 1.51. The predicted molar refractivity (Wildman–Crippen MR) is 98.5 cm³/mol. The maximum Gasteiger partial charge on any atom is 0.229 e. The second kappa shape index (κ2) is 8.07. The number of carbonyl (C=O) groups is 2. The molecule has 0 aromatic heterocycles. The first-order chi connectivity index (χ1) is 13.0. The fourth-order valence-electron chi connectivity index (χ4n) is 3.01. The number of halogens is 1. The minimum atomic E-state index is -0.397. The maximum absolute atomic E-state index is 13.3. The van der Waals surface area contributed by atoms with E-state index >= 15 is 0 Å². The van der Waals surface area contributed by atoms with Crippen LogP contribution in [0.2, 0.25) is 0 Å². The molecule has 6 nitrogen and oxygen atoms in total. The van der Waals surface area contributed by atoms with Gasteiger partial charge in [0.05, 0.1) is 18.7 Å². The van der Waals surface area contributed by atoms with Crippen LogP contribution in [0.3, 0.4) is 0 Å². The number of amides is 2. The van der Waals surface area contributed by atoms with Crippen LogP contribution in [0, 0.1) is 11.7 Å². The van der Waals surface area contributed by atoms with Crippen molar-refractivity contribution < 1.29 is 23.5 Å². The highest BCUT2D eigenvalue weighted by Crippen LogP contribution is 2.32. The van der Waals surface area contributed by atoms with Crippen molar-refractivity contribution in [1.82, 2.24) is 4.90 Å². The van der Waals surface area contributed by atoms with Gasteiger partial charge in [-0.1, -0.05) is 6.07 Å². The zero-order valence-corrected chi connectivity index (χ0v) is 15.2. The average Bonchev–Trinajstić information content (AvgIpc) is 3.13. The highest BCUT2D eigenvalue weighted by Gasteiger charge is 2.30. The molecule has 1 saturated heterocycles. The van der Waals surface area contributed by atoms with Crippen LogP contribution in [0.5, 0.6) is 17.2 Å². The van der Waals surface area contributed by atoms with Crippen molar-refractivity contribution in [3.05, 3.63) is 48.3 Å². The normalized spacial score (nSPS) is 16.1. The third-order valence-electron chi connectivity index (χ3n) is 4.46. The molecule has 0 saturated carbocycles. The van der Waals surface area contributed by atoms with Crippen molar-refractivity contribution in [2.75, 3.05) is 25.5 Å². The second-order valence-corrected chi connectivity index (χ2v) is 6.36. The van der Waals surface area contributed by atoms with E-state index in [9.17, 15) is 14.0 Å². The van der Waals surface area contributed by atoms with Gasteiger partial charge in [0.2, 0.25) is 11.8 Å². The number of likely N-dealkylation sites (tertiary alicyclic amines) is 1. The Balaban J connectivity index is 1.74. The van der Waals surface area contributed by atoms with E-state index in [2.05, 4.69) is 5.32 Å². The summed E-state index contributed by atoms with van der Waals surface area (Å²) in [6.45, 7) is 2.48. The smallest absolute Gasteiger partial charge is 0.229 e. The molecule has 0 radical (unpaired) electrons. The molecule has 2 aromatic rings. The lowest BCUT2D eigenvalue weighted by Gasteiger charge is -2.16. The summed E-state index contributed by atoms with van der Waals surface area (Å²) in [5.74, 6) is 0.390. The zero-order chi connectivity index (χ0) is 19.4. The van der Waals surface area contributed by atoms with Gasteiger partial charge in [0, 0.05) is 32.1 Å². The molecule has 142 valence electrons. The number of ether oxygens (including phenoxy) is 2. The molecule has 1 N–H and O–H groups in total. The number of hydrogen-bond donors (Lipinski definition) is 1. The van der Waals surface area contributed by atoms with Crippen LogP contribution < -0.4 is 14.8 Å². The fraction of sp³-hybridized carbons (Fsp3) is 0.300. The van der Waals surface area contributed by atoms with E-state index in [1.54, 1.807) is 35.2 Å². The molecule has 0 spiro atoms. The van der Waals surface area contributed by atoms with Gasteiger partial charge >= 0.3 is 0 Å². The number of nitrogens with zero attached hydrogens (tertiary/aromatic N) is 1. The summed E-state index contributed by atoms with van der Waals surface area (Å²) in [5.41, 5.74) is 0.456. The Bertz CT molecular complexity index is 856. The van der Waals surface area contributed by atoms with Gasteiger partial charge < -0.3 is 19.7 Å². The molecule has 7 heteroatoms. The van der Waals surface area contributed by atoms with Crippen molar-refractivity contribution in [1.29, 1.82) is 0 Å². The largest absolute Gasteiger partial charge is 0.495 e. The van der Waals surface area contributed by atoms with Crippen LogP contribution >= 0.6 is 0 Å². The van der Waals surface area contributed by atoms with E-state index in [1.807, 2.05) is 0 Å². The Hall–Kier alpha value is -3.09. The standard InChI is InChI=1S/C20H21FN2O4/c1-13(24)23-9-8-14(12-23)20(25)22-18-11-17(6-7-19(18)26-2)27-16-5-3-4-15(21)10-16/h3-7,10-11,14H,8-9,12H2,1-2H3,(H,22,25). The Morgan fingerprint density at radius 1 is 1.19 bits per heavy atom. The SMILES string of the molecule is COc1ccc(Oc2cccc(F)c2)cc1NC(=O)C1CCN(C(C)=O)C1. The van der Waals surface area contributed by atoms with Gasteiger partial charge in [0.1, 0.15) is 23.1 Å². The van der Waals surface area contributed by atoms with Gasteiger partial charge in [-0.2, -0.15) is 0 Å². The van der Waals surface area contributed by atoms with E-state index < -0.39 is 5.82 Å². The van der Waals surface area contributed by atoms with Gasteiger partial charge in [-0.25, -0.2) is 4.39 Å². The Labute approximate surface area is 156 Å². The first-order valence-electron chi connectivity index (χ1n) is 8.64. The van der Waals surface area contributed by atoms with Crippen molar-refractivity contribution in [3.8, 4) is 17.2 Å². The summed E-state index contributed by atoms with van der Waals surface area (Å²) in [5, 5.41) is 2.84. The van der Waals surface area contributed by atoms with E-state index in [0.29, 0.717) is 42.4 Å². The molecule has 1 fully saturated rings. The lowest BCUT2D eigenvalue weighted by Crippen LogP contribution is -2.29. The molecule has 1 unspecified atom stereocenters. The Kier molecular flexibility index (Phi) is 5.59. The number of benzene rings is 2. The Morgan fingerprint density at radius 3 is 2.63 bits per heavy atom. The summed E-state index contributed by atoms with van der Waals surface area (Å²) >= 11 is 0. The lowest BCUT2D eigenvalue weighted by atomic mass is 10.1. The van der Waals surface area contributed by atoms with Gasteiger partial charge in [-0.05, 0) is 30.7 Å². The number of anilines is 1.